The molecule has 1 aliphatic rings. The third-order valence-corrected chi connectivity index (χ3v) is 4.03. The van der Waals surface area contributed by atoms with Gasteiger partial charge in [0.2, 0.25) is 0 Å². The quantitative estimate of drug-likeness (QED) is 0.900. The second-order valence-corrected chi connectivity index (χ2v) is 5.86. The van der Waals surface area contributed by atoms with Crippen LogP contribution in [0.5, 0.6) is 0 Å². The molecule has 1 aromatic carbocycles. The number of rotatable bonds is 3. The van der Waals surface area contributed by atoms with E-state index in [4.69, 9.17) is 23.2 Å². The maximum Gasteiger partial charge on any atom is 0.252 e. The number of carbonyl (C=O) groups excluding carboxylic acids is 1. The lowest BCUT2D eigenvalue weighted by Gasteiger charge is -2.25. The predicted octanol–water partition coefficient (Wildman–Crippen LogP) is 3.27. The molecule has 3 nitrogen and oxygen atoms in total. The van der Waals surface area contributed by atoms with Crippen molar-refractivity contribution in [2.24, 2.45) is 5.92 Å². The Kier molecular flexibility index (Phi) is 5.08. The Morgan fingerprint density at radius 1 is 1.37 bits per heavy atom. The van der Waals surface area contributed by atoms with E-state index in [1.165, 1.54) is 0 Å². The molecule has 5 heteroatoms. The van der Waals surface area contributed by atoms with Crippen LogP contribution in [0.1, 0.15) is 36.0 Å². The molecule has 2 N–H and O–H groups in total. The van der Waals surface area contributed by atoms with Gasteiger partial charge in [0.05, 0.1) is 16.7 Å². The molecule has 0 radical (unpaired) electrons. The first-order valence-corrected chi connectivity index (χ1v) is 7.23. The van der Waals surface area contributed by atoms with Gasteiger partial charge in [-0.2, -0.15) is 0 Å². The molecule has 2 rings (SSSR count). The van der Waals surface area contributed by atoms with Crippen LogP contribution >= 0.6 is 23.2 Å². The number of halogens is 2. The minimum absolute atomic E-state index is 0.193. The highest BCUT2D eigenvalue weighted by Gasteiger charge is 2.21. The van der Waals surface area contributed by atoms with E-state index in [0.717, 1.165) is 25.7 Å². The Morgan fingerprint density at radius 3 is 2.84 bits per heavy atom. The Labute approximate surface area is 122 Å². The molecule has 2 unspecified atom stereocenters. The van der Waals surface area contributed by atoms with Crippen molar-refractivity contribution in [1.82, 2.24) is 5.32 Å². The van der Waals surface area contributed by atoms with Crippen LogP contribution in [0.25, 0.3) is 0 Å². The van der Waals surface area contributed by atoms with Gasteiger partial charge in [-0.15, -0.1) is 0 Å². The third-order valence-electron chi connectivity index (χ3n) is 3.48. The first kappa shape index (κ1) is 14.6. The van der Waals surface area contributed by atoms with Gasteiger partial charge in [-0.3, -0.25) is 4.79 Å². The molecule has 0 aromatic heterocycles. The molecule has 1 amide bonds. The molecule has 2 atom stereocenters. The number of carbonyl (C=O) groups is 1. The molecule has 19 heavy (non-hydrogen) atoms. The van der Waals surface area contributed by atoms with E-state index in [1.54, 1.807) is 18.2 Å². The zero-order valence-corrected chi connectivity index (χ0v) is 12.0. The summed E-state index contributed by atoms with van der Waals surface area (Å²) in [5, 5.41) is 13.3. The summed E-state index contributed by atoms with van der Waals surface area (Å²) in [5.74, 6) is 0.153. The minimum atomic E-state index is -0.227. The average molecular weight is 302 g/mol. The van der Waals surface area contributed by atoms with Gasteiger partial charge in [0, 0.05) is 11.6 Å². The molecule has 0 heterocycles. The molecule has 1 aromatic rings. The lowest BCUT2D eigenvalue weighted by Crippen LogP contribution is -2.33. The summed E-state index contributed by atoms with van der Waals surface area (Å²) in [6, 6.07) is 4.82. The summed E-state index contributed by atoms with van der Waals surface area (Å²) >= 11 is 11.8. The highest BCUT2D eigenvalue weighted by Crippen LogP contribution is 2.24. The predicted molar refractivity (Wildman–Crippen MR) is 76.8 cm³/mol. The van der Waals surface area contributed by atoms with Gasteiger partial charge < -0.3 is 10.4 Å². The molecule has 1 fully saturated rings. The van der Waals surface area contributed by atoms with Crippen LogP contribution in [0.2, 0.25) is 10.0 Å². The van der Waals surface area contributed by atoms with Crippen LogP contribution < -0.4 is 5.32 Å². The van der Waals surface area contributed by atoms with Crippen LogP contribution in [0.3, 0.4) is 0 Å². The lowest BCUT2D eigenvalue weighted by atomic mass is 9.87. The molecule has 0 spiro atoms. The smallest absolute Gasteiger partial charge is 0.252 e. The lowest BCUT2D eigenvalue weighted by molar-refractivity contribution is 0.0874. The monoisotopic (exact) mass is 301 g/mol. The van der Waals surface area contributed by atoms with Crippen molar-refractivity contribution >= 4 is 29.1 Å². The van der Waals surface area contributed by atoms with E-state index in [2.05, 4.69) is 5.32 Å². The standard InChI is InChI=1S/C14H17Cl2NO2/c15-10-4-5-12(13(16)7-10)14(19)17-8-9-2-1-3-11(18)6-9/h4-5,7,9,11,18H,1-3,6,8H2,(H,17,19). The maximum atomic E-state index is 12.0. The fourth-order valence-electron chi connectivity index (χ4n) is 2.45. The largest absolute Gasteiger partial charge is 0.393 e. The van der Waals surface area contributed by atoms with E-state index in [0.29, 0.717) is 28.1 Å². The summed E-state index contributed by atoms with van der Waals surface area (Å²) in [4.78, 5) is 12.0. The molecule has 0 bridgehead atoms. The highest BCUT2D eigenvalue weighted by molar-refractivity contribution is 6.36. The number of aliphatic hydroxyl groups is 1. The fraction of sp³-hybridized carbons (Fsp3) is 0.500. The van der Waals surface area contributed by atoms with Crippen molar-refractivity contribution in [3.63, 3.8) is 0 Å². The normalized spacial score (nSPS) is 23.1. The fourth-order valence-corrected chi connectivity index (χ4v) is 2.95. The van der Waals surface area contributed by atoms with Crippen molar-refractivity contribution in [3.8, 4) is 0 Å². The van der Waals surface area contributed by atoms with Crippen molar-refractivity contribution < 1.29 is 9.90 Å². The number of benzene rings is 1. The minimum Gasteiger partial charge on any atom is -0.393 e. The van der Waals surface area contributed by atoms with Gasteiger partial charge in [0.15, 0.2) is 0 Å². The molecule has 1 saturated carbocycles. The molecule has 0 aliphatic heterocycles. The van der Waals surface area contributed by atoms with Gasteiger partial charge in [-0.05, 0) is 43.4 Å². The molecule has 104 valence electrons. The molecular weight excluding hydrogens is 285 g/mol. The molecule has 1 aliphatic carbocycles. The maximum absolute atomic E-state index is 12.0. The van der Waals surface area contributed by atoms with Crippen LogP contribution in [0.4, 0.5) is 0 Å². The summed E-state index contributed by atoms with van der Waals surface area (Å²) in [6.45, 7) is 0.578. The Hall–Kier alpha value is -0.770. The van der Waals surface area contributed by atoms with Crippen molar-refractivity contribution in [2.75, 3.05) is 6.54 Å². The molecular formula is C14H17Cl2NO2. The molecule has 0 saturated heterocycles. The SMILES string of the molecule is O=C(NCC1CCCC(O)C1)c1ccc(Cl)cc1Cl. The van der Waals surface area contributed by atoms with Crippen LogP contribution in [-0.4, -0.2) is 23.7 Å². The van der Waals surface area contributed by atoms with E-state index in [1.807, 2.05) is 0 Å². The number of hydrogen-bond donors (Lipinski definition) is 2. The van der Waals surface area contributed by atoms with Gasteiger partial charge in [-0.25, -0.2) is 0 Å². The van der Waals surface area contributed by atoms with Crippen molar-refractivity contribution in [2.45, 2.75) is 31.8 Å². The second kappa shape index (κ2) is 6.60. The number of amides is 1. The summed E-state index contributed by atoms with van der Waals surface area (Å²) < 4.78 is 0. The summed E-state index contributed by atoms with van der Waals surface area (Å²) in [6.07, 6.45) is 3.46. The number of aliphatic hydroxyl groups excluding tert-OH is 1. The first-order chi connectivity index (χ1) is 9.06. The van der Waals surface area contributed by atoms with Crippen LogP contribution in [-0.2, 0) is 0 Å². The Morgan fingerprint density at radius 2 is 2.16 bits per heavy atom. The van der Waals surface area contributed by atoms with Crippen molar-refractivity contribution in [1.29, 1.82) is 0 Å². The van der Waals surface area contributed by atoms with Gasteiger partial charge in [0.1, 0.15) is 0 Å². The zero-order chi connectivity index (χ0) is 13.8. The van der Waals surface area contributed by atoms with Crippen LogP contribution in [0, 0.1) is 5.92 Å². The van der Waals surface area contributed by atoms with Crippen molar-refractivity contribution in [3.05, 3.63) is 33.8 Å². The second-order valence-electron chi connectivity index (χ2n) is 5.02. The van der Waals surface area contributed by atoms with E-state index in [-0.39, 0.29) is 12.0 Å². The summed E-state index contributed by atoms with van der Waals surface area (Å²) in [7, 11) is 0. The van der Waals surface area contributed by atoms with E-state index in [9.17, 15) is 9.90 Å². The highest BCUT2D eigenvalue weighted by atomic mass is 35.5. The van der Waals surface area contributed by atoms with Crippen LogP contribution in [0.15, 0.2) is 18.2 Å². The third kappa shape index (κ3) is 4.10. The summed E-state index contributed by atoms with van der Waals surface area (Å²) in [5.41, 5.74) is 0.433. The zero-order valence-electron chi connectivity index (χ0n) is 10.5. The number of nitrogens with one attached hydrogen (secondary N) is 1. The van der Waals surface area contributed by atoms with E-state index < -0.39 is 0 Å². The Bertz CT molecular complexity index is 465. The van der Waals surface area contributed by atoms with Gasteiger partial charge >= 0.3 is 0 Å². The topological polar surface area (TPSA) is 49.3 Å². The average Bonchev–Trinajstić information content (AvgIpc) is 2.36. The number of hydrogen-bond acceptors (Lipinski definition) is 2. The van der Waals surface area contributed by atoms with Gasteiger partial charge in [-0.1, -0.05) is 29.6 Å². The van der Waals surface area contributed by atoms with Gasteiger partial charge in [0.25, 0.3) is 5.91 Å². The van der Waals surface area contributed by atoms with E-state index >= 15 is 0 Å². The Balaban J connectivity index is 1.90. The first-order valence-electron chi connectivity index (χ1n) is 6.47.